The standard InChI is InChI=1S/C24H29F3N4OSi/c1-17(2)6-7-18-8-11-22(24(25,26)27)30-23(18)29-20-9-10-21-19(14-20)15-28-31(21)16-32-12-13-33(3,4)5/h8-11,14-15,17H,12-13,16H2,1-5H3,(H,29,30). The maximum absolute atomic E-state index is 13.2. The molecule has 0 fully saturated rings. The zero-order chi connectivity index (χ0) is 24.2. The molecule has 3 rings (SSSR count). The maximum Gasteiger partial charge on any atom is 0.433 e. The zero-order valence-corrected chi connectivity index (χ0v) is 20.5. The van der Waals surface area contributed by atoms with E-state index in [0.717, 1.165) is 23.0 Å². The number of fused-ring (bicyclic) bond motifs is 1. The summed E-state index contributed by atoms with van der Waals surface area (Å²) in [6.07, 6.45) is -2.83. The smallest absolute Gasteiger partial charge is 0.360 e. The Balaban J connectivity index is 1.82. The Kier molecular flexibility index (Phi) is 7.50. The van der Waals surface area contributed by atoms with Crippen LogP contribution in [0.25, 0.3) is 10.9 Å². The molecule has 0 amide bonds. The molecule has 0 radical (unpaired) electrons. The highest BCUT2D eigenvalue weighted by Gasteiger charge is 2.33. The van der Waals surface area contributed by atoms with Crippen LogP contribution >= 0.6 is 0 Å². The molecule has 0 spiro atoms. The molecule has 176 valence electrons. The highest BCUT2D eigenvalue weighted by molar-refractivity contribution is 6.76. The normalized spacial score (nSPS) is 12.2. The average Bonchev–Trinajstić information content (AvgIpc) is 3.11. The van der Waals surface area contributed by atoms with E-state index in [2.05, 4.69) is 46.9 Å². The molecule has 0 bridgehead atoms. The van der Waals surface area contributed by atoms with Gasteiger partial charge in [0.05, 0.1) is 17.3 Å². The number of halogens is 3. The van der Waals surface area contributed by atoms with Gasteiger partial charge in [-0.3, -0.25) is 0 Å². The van der Waals surface area contributed by atoms with Crippen molar-refractivity contribution in [3.05, 3.63) is 47.8 Å². The van der Waals surface area contributed by atoms with E-state index in [9.17, 15) is 13.2 Å². The summed E-state index contributed by atoms with van der Waals surface area (Å²) in [6, 6.07) is 8.84. The minimum atomic E-state index is -4.54. The SMILES string of the molecule is CC(C)C#Cc1ccc(C(F)(F)F)nc1Nc1ccc2c(cnn2COCC[Si](C)(C)C)c1. The predicted octanol–water partition coefficient (Wildman–Crippen LogP) is 6.51. The number of nitrogens with one attached hydrogen (secondary N) is 1. The lowest BCUT2D eigenvalue weighted by molar-refractivity contribution is -0.141. The molecular formula is C24H29F3N4OSi. The average molecular weight is 475 g/mol. The molecule has 0 aliphatic rings. The molecule has 2 heterocycles. The van der Waals surface area contributed by atoms with Gasteiger partial charge in [-0.2, -0.15) is 18.3 Å². The zero-order valence-electron chi connectivity index (χ0n) is 19.5. The van der Waals surface area contributed by atoms with Crippen molar-refractivity contribution in [1.29, 1.82) is 0 Å². The van der Waals surface area contributed by atoms with Crippen LogP contribution < -0.4 is 5.32 Å². The third kappa shape index (κ3) is 7.07. The minimum Gasteiger partial charge on any atom is -0.360 e. The van der Waals surface area contributed by atoms with Crippen LogP contribution in [-0.2, 0) is 17.6 Å². The fourth-order valence-corrected chi connectivity index (χ4v) is 3.73. The number of hydrogen-bond acceptors (Lipinski definition) is 4. The van der Waals surface area contributed by atoms with Crippen molar-refractivity contribution < 1.29 is 17.9 Å². The van der Waals surface area contributed by atoms with Gasteiger partial charge in [-0.05, 0) is 36.4 Å². The number of benzene rings is 1. The van der Waals surface area contributed by atoms with E-state index in [1.54, 1.807) is 16.9 Å². The number of aromatic nitrogens is 3. The molecule has 33 heavy (non-hydrogen) atoms. The van der Waals surface area contributed by atoms with Crippen molar-refractivity contribution in [2.24, 2.45) is 5.92 Å². The summed E-state index contributed by atoms with van der Waals surface area (Å²) >= 11 is 0. The Hall–Kier alpha value is -2.83. The summed E-state index contributed by atoms with van der Waals surface area (Å²) in [6.45, 7) is 11.8. The summed E-state index contributed by atoms with van der Waals surface area (Å²) in [5.74, 6) is 6.04. The van der Waals surface area contributed by atoms with Gasteiger partial charge in [0, 0.05) is 31.7 Å². The minimum absolute atomic E-state index is 0.0689. The Labute approximate surface area is 193 Å². The number of anilines is 2. The van der Waals surface area contributed by atoms with E-state index < -0.39 is 19.9 Å². The molecule has 1 N–H and O–H groups in total. The first kappa shape index (κ1) is 24.8. The first-order valence-electron chi connectivity index (χ1n) is 10.8. The van der Waals surface area contributed by atoms with Gasteiger partial charge in [-0.15, -0.1) is 0 Å². The van der Waals surface area contributed by atoms with Crippen LogP contribution in [0.15, 0.2) is 36.5 Å². The Morgan fingerprint density at radius 1 is 1.15 bits per heavy atom. The van der Waals surface area contributed by atoms with Crippen molar-refractivity contribution in [2.45, 2.75) is 52.4 Å². The summed E-state index contributed by atoms with van der Waals surface area (Å²) in [5, 5.41) is 8.22. The molecule has 1 aromatic carbocycles. The van der Waals surface area contributed by atoms with Crippen LogP contribution in [0, 0.1) is 17.8 Å². The van der Waals surface area contributed by atoms with Crippen molar-refractivity contribution in [3.63, 3.8) is 0 Å². The number of hydrogen-bond donors (Lipinski definition) is 1. The molecule has 0 atom stereocenters. The van der Waals surface area contributed by atoms with E-state index in [0.29, 0.717) is 24.6 Å². The lowest BCUT2D eigenvalue weighted by Gasteiger charge is -2.15. The van der Waals surface area contributed by atoms with Gasteiger partial charge in [0.2, 0.25) is 0 Å². The van der Waals surface area contributed by atoms with Crippen molar-refractivity contribution in [3.8, 4) is 11.8 Å². The summed E-state index contributed by atoms with van der Waals surface area (Å²) in [7, 11) is -1.16. The van der Waals surface area contributed by atoms with Crippen LogP contribution in [0.4, 0.5) is 24.7 Å². The summed E-state index contributed by atoms with van der Waals surface area (Å²) in [4.78, 5) is 3.80. The highest BCUT2D eigenvalue weighted by Crippen LogP contribution is 2.31. The number of nitrogens with zero attached hydrogens (tertiary/aromatic N) is 3. The van der Waals surface area contributed by atoms with E-state index >= 15 is 0 Å². The van der Waals surface area contributed by atoms with E-state index in [-0.39, 0.29) is 11.7 Å². The molecule has 0 saturated heterocycles. The van der Waals surface area contributed by atoms with Crippen LogP contribution in [0.1, 0.15) is 25.1 Å². The fourth-order valence-electron chi connectivity index (χ4n) is 2.97. The van der Waals surface area contributed by atoms with E-state index in [1.165, 1.54) is 6.07 Å². The van der Waals surface area contributed by atoms with Crippen molar-refractivity contribution in [2.75, 3.05) is 11.9 Å². The van der Waals surface area contributed by atoms with Gasteiger partial charge in [0.15, 0.2) is 0 Å². The molecule has 3 aromatic rings. The third-order valence-corrected chi connectivity index (χ3v) is 6.50. The Morgan fingerprint density at radius 3 is 2.58 bits per heavy atom. The largest absolute Gasteiger partial charge is 0.433 e. The topological polar surface area (TPSA) is 52.0 Å². The lowest BCUT2D eigenvalue weighted by Crippen LogP contribution is -2.22. The first-order chi connectivity index (χ1) is 15.4. The second kappa shape index (κ2) is 9.97. The molecule has 0 aliphatic heterocycles. The number of ether oxygens (including phenoxy) is 1. The number of rotatable bonds is 7. The van der Waals surface area contributed by atoms with E-state index in [1.807, 2.05) is 26.0 Å². The van der Waals surface area contributed by atoms with Crippen LogP contribution in [-0.4, -0.2) is 29.4 Å². The van der Waals surface area contributed by atoms with Crippen LogP contribution in [0.5, 0.6) is 0 Å². The lowest BCUT2D eigenvalue weighted by atomic mass is 10.1. The molecule has 0 aliphatic carbocycles. The van der Waals surface area contributed by atoms with E-state index in [4.69, 9.17) is 4.74 Å². The molecule has 2 aromatic heterocycles. The Morgan fingerprint density at radius 2 is 1.91 bits per heavy atom. The van der Waals surface area contributed by atoms with Gasteiger partial charge in [0.1, 0.15) is 18.2 Å². The molecule has 0 unspecified atom stereocenters. The monoisotopic (exact) mass is 474 g/mol. The fraction of sp³-hybridized carbons (Fsp3) is 0.417. The number of pyridine rings is 1. The molecule has 0 saturated carbocycles. The van der Waals surface area contributed by atoms with Gasteiger partial charge < -0.3 is 10.1 Å². The molecule has 9 heteroatoms. The first-order valence-corrected chi connectivity index (χ1v) is 14.5. The number of alkyl halides is 3. The summed E-state index contributed by atoms with van der Waals surface area (Å²) < 4.78 is 47.2. The predicted molar refractivity (Wildman–Crippen MR) is 128 cm³/mol. The summed E-state index contributed by atoms with van der Waals surface area (Å²) in [5.41, 5.74) is 0.916. The highest BCUT2D eigenvalue weighted by atomic mass is 28.3. The molecular weight excluding hydrogens is 445 g/mol. The van der Waals surface area contributed by atoms with Crippen molar-refractivity contribution >= 4 is 30.5 Å². The molecule has 5 nitrogen and oxygen atoms in total. The van der Waals surface area contributed by atoms with Crippen LogP contribution in [0.3, 0.4) is 0 Å². The van der Waals surface area contributed by atoms with Gasteiger partial charge in [-0.1, -0.05) is 45.3 Å². The van der Waals surface area contributed by atoms with Crippen molar-refractivity contribution in [1.82, 2.24) is 14.8 Å². The quantitative estimate of drug-likeness (QED) is 0.241. The second-order valence-electron chi connectivity index (χ2n) is 9.41. The third-order valence-electron chi connectivity index (χ3n) is 4.80. The van der Waals surface area contributed by atoms with Gasteiger partial charge >= 0.3 is 6.18 Å². The second-order valence-corrected chi connectivity index (χ2v) is 15.0. The van der Waals surface area contributed by atoms with Gasteiger partial charge in [0.25, 0.3) is 0 Å². The van der Waals surface area contributed by atoms with Gasteiger partial charge in [-0.25, -0.2) is 9.67 Å². The maximum atomic E-state index is 13.2. The Bertz CT molecular complexity index is 1170. The van der Waals surface area contributed by atoms with Crippen LogP contribution in [0.2, 0.25) is 25.7 Å².